The summed E-state index contributed by atoms with van der Waals surface area (Å²) in [5, 5.41) is 3.14. The van der Waals surface area contributed by atoms with Crippen LogP contribution in [-0.2, 0) is 10.2 Å². The first-order valence-corrected chi connectivity index (χ1v) is 8.31. The van der Waals surface area contributed by atoms with Gasteiger partial charge in [0.05, 0.1) is 5.69 Å². The van der Waals surface area contributed by atoms with Crippen LogP contribution in [0.15, 0.2) is 48.8 Å². The predicted molar refractivity (Wildman–Crippen MR) is 82.8 cm³/mol. The molecule has 1 saturated heterocycles. The molecule has 0 atom stereocenters. The van der Waals surface area contributed by atoms with Crippen LogP contribution in [0.4, 0.5) is 5.69 Å². The van der Waals surface area contributed by atoms with E-state index < -0.39 is 10.2 Å². The van der Waals surface area contributed by atoms with E-state index in [1.165, 1.54) is 4.31 Å². The zero-order chi connectivity index (χ0) is 14.7. The molecule has 0 saturated carbocycles. The summed E-state index contributed by atoms with van der Waals surface area (Å²) < 4.78 is 30.7. The number of piperazine rings is 1. The monoisotopic (exact) mass is 306 g/mol. The van der Waals surface area contributed by atoms with Gasteiger partial charge in [-0.25, -0.2) is 0 Å². The van der Waals surface area contributed by atoms with Gasteiger partial charge in [0.2, 0.25) is 0 Å². The Kier molecular flexibility index (Phi) is 3.96. The molecule has 0 radical (unpaired) electrons. The van der Waals surface area contributed by atoms with Gasteiger partial charge in [-0.3, -0.25) is 4.72 Å². The number of anilines is 1. The van der Waals surface area contributed by atoms with Crippen LogP contribution < -0.4 is 10.0 Å². The first kappa shape index (κ1) is 14.1. The SMILES string of the molecule is O=S(=O)(Nc1cccc(-n2cccc2)c1)N1CCNCC1. The second-order valence-corrected chi connectivity index (χ2v) is 6.57. The van der Waals surface area contributed by atoms with Gasteiger partial charge in [0, 0.05) is 44.3 Å². The molecule has 1 aromatic heterocycles. The van der Waals surface area contributed by atoms with E-state index in [1.807, 2.05) is 47.3 Å². The van der Waals surface area contributed by atoms with E-state index in [0.29, 0.717) is 31.9 Å². The third kappa shape index (κ3) is 3.26. The number of benzene rings is 1. The molecule has 1 fully saturated rings. The average molecular weight is 306 g/mol. The van der Waals surface area contributed by atoms with Crippen LogP contribution in [0.1, 0.15) is 0 Å². The van der Waals surface area contributed by atoms with Crippen LogP contribution >= 0.6 is 0 Å². The van der Waals surface area contributed by atoms with Crippen molar-refractivity contribution >= 4 is 15.9 Å². The zero-order valence-electron chi connectivity index (χ0n) is 11.6. The van der Waals surface area contributed by atoms with Crippen LogP contribution in [0.2, 0.25) is 0 Å². The Bertz CT molecular complexity index is 692. The Morgan fingerprint density at radius 3 is 2.48 bits per heavy atom. The average Bonchev–Trinajstić information content (AvgIpc) is 3.02. The summed E-state index contributed by atoms with van der Waals surface area (Å²) in [6.45, 7) is 2.36. The predicted octanol–water partition coefficient (Wildman–Crippen LogP) is 1.04. The van der Waals surface area contributed by atoms with Gasteiger partial charge in [-0.1, -0.05) is 6.07 Å². The molecule has 2 aromatic rings. The topological polar surface area (TPSA) is 66.4 Å². The standard InChI is InChI=1S/C14H18N4O2S/c19-21(20,18-10-6-15-7-11-18)16-13-4-3-5-14(12-13)17-8-1-2-9-17/h1-5,8-9,12,15-16H,6-7,10-11H2. The van der Waals surface area contributed by atoms with Gasteiger partial charge >= 0.3 is 10.2 Å². The molecule has 1 aromatic carbocycles. The maximum atomic E-state index is 12.3. The second kappa shape index (κ2) is 5.88. The number of nitrogens with one attached hydrogen (secondary N) is 2. The molecule has 1 aliphatic rings. The lowest BCUT2D eigenvalue weighted by Gasteiger charge is -2.26. The summed E-state index contributed by atoms with van der Waals surface area (Å²) in [5.74, 6) is 0. The molecular weight excluding hydrogens is 288 g/mol. The molecule has 0 unspecified atom stereocenters. The second-order valence-electron chi connectivity index (χ2n) is 4.90. The minimum absolute atomic E-state index is 0.493. The Morgan fingerprint density at radius 1 is 1.05 bits per heavy atom. The van der Waals surface area contributed by atoms with Gasteiger partial charge in [0.25, 0.3) is 0 Å². The van der Waals surface area contributed by atoms with E-state index in [0.717, 1.165) is 5.69 Å². The van der Waals surface area contributed by atoms with E-state index in [-0.39, 0.29) is 0 Å². The Morgan fingerprint density at radius 2 is 1.76 bits per heavy atom. The van der Waals surface area contributed by atoms with Crippen LogP contribution in [0.5, 0.6) is 0 Å². The molecule has 1 aliphatic heterocycles. The Balaban J connectivity index is 1.80. The highest BCUT2D eigenvalue weighted by Gasteiger charge is 2.23. The van der Waals surface area contributed by atoms with Crippen molar-refractivity contribution in [1.82, 2.24) is 14.2 Å². The van der Waals surface area contributed by atoms with Crippen LogP contribution in [0.3, 0.4) is 0 Å². The lowest BCUT2D eigenvalue weighted by atomic mass is 10.3. The van der Waals surface area contributed by atoms with Gasteiger partial charge in [-0.05, 0) is 30.3 Å². The highest BCUT2D eigenvalue weighted by Crippen LogP contribution is 2.17. The minimum Gasteiger partial charge on any atom is -0.324 e. The highest BCUT2D eigenvalue weighted by molar-refractivity contribution is 7.90. The van der Waals surface area contributed by atoms with Gasteiger partial charge in [0.1, 0.15) is 0 Å². The Hall–Kier alpha value is -1.83. The van der Waals surface area contributed by atoms with Crippen molar-refractivity contribution < 1.29 is 8.42 Å². The number of hydrogen-bond donors (Lipinski definition) is 2. The maximum absolute atomic E-state index is 12.3. The van der Waals surface area contributed by atoms with Gasteiger partial charge in [-0.2, -0.15) is 12.7 Å². The maximum Gasteiger partial charge on any atom is 0.301 e. The van der Waals surface area contributed by atoms with Crippen molar-refractivity contribution in [2.75, 3.05) is 30.9 Å². The molecule has 2 N–H and O–H groups in total. The lowest BCUT2D eigenvalue weighted by molar-refractivity contribution is 0.362. The normalized spacial score (nSPS) is 16.8. The van der Waals surface area contributed by atoms with Crippen LogP contribution in [0, 0.1) is 0 Å². The third-order valence-corrected chi connectivity index (χ3v) is 4.95. The van der Waals surface area contributed by atoms with Crippen molar-refractivity contribution in [2.24, 2.45) is 0 Å². The Labute approximate surface area is 124 Å². The first-order chi connectivity index (χ1) is 10.1. The fourth-order valence-corrected chi connectivity index (χ4v) is 3.55. The molecule has 112 valence electrons. The lowest BCUT2D eigenvalue weighted by Crippen LogP contribution is -2.48. The number of rotatable bonds is 4. The van der Waals surface area contributed by atoms with E-state index in [2.05, 4.69) is 10.0 Å². The smallest absolute Gasteiger partial charge is 0.301 e. The van der Waals surface area contributed by atoms with Crippen LogP contribution in [-0.4, -0.2) is 43.5 Å². The van der Waals surface area contributed by atoms with Crippen molar-refractivity contribution in [2.45, 2.75) is 0 Å². The third-order valence-electron chi connectivity index (χ3n) is 3.41. The fourth-order valence-electron chi connectivity index (χ4n) is 2.33. The molecular formula is C14H18N4O2S. The molecule has 21 heavy (non-hydrogen) atoms. The molecule has 0 amide bonds. The van der Waals surface area contributed by atoms with Crippen molar-refractivity contribution in [3.05, 3.63) is 48.8 Å². The molecule has 2 heterocycles. The van der Waals surface area contributed by atoms with Gasteiger partial charge < -0.3 is 9.88 Å². The van der Waals surface area contributed by atoms with Gasteiger partial charge in [-0.15, -0.1) is 0 Å². The minimum atomic E-state index is -3.49. The van der Waals surface area contributed by atoms with E-state index in [9.17, 15) is 8.42 Å². The molecule has 0 aliphatic carbocycles. The van der Waals surface area contributed by atoms with Crippen molar-refractivity contribution in [1.29, 1.82) is 0 Å². The van der Waals surface area contributed by atoms with Crippen molar-refractivity contribution in [3.63, 3.8) is 0 Å². The van der Waals surface area contributed by atoms with Crippen LogP contribution in [0.25, 0.3) is 5.69 Å². The fraction of sp³-hybridized carbons (Fsp3) is 0.286. The summed E-state index contributed by atoms with van der Waals surface area (Å²) >= 11 is 0. The van der Waals surface area contributed by atoms with E-state index in [1.54, 1.807) is 6.07 Å². The summed E-state index contributed by atoms with van der Waals surface area (Å²) in [4.78, 5) is 0. The van der Waals surface area contributed by atoms with Crippen molar-refractivity contribution in [3.8, 4) is 5.69 Å². The van der Waals surface area contributed by atoms with Gasteiger partial charge in [0.15, 0.2) is 0 Å². The number of aromatic nitrogens is 1. The zero-order valence-corrected chi connectivity index (χ0v) is 12.4. The number of hydrogen-bond acceptors (Lipinski definition) is 3. The van der Waals surface area contributed by atoms with E-state index >= 15 is 0 Å². The first-order valence-electron chi connectivity index (χ1n) is 6.87. The summed E-state index contributed by atoms with van der Waals surface area (Å²) in [7, 11) is -3.49. The summed E-state index contributed by atoms with van der Waals surface area (Å²) in [5.41, 5.74) is 1.49. The number of nitrogens with zero attached hydrogens (tertiary/aromatic N) is 2. The molecule has 3 rings (SSSR count). The van der Waals surface area contributed by atoms with E-state index in [4.69, 9.17) is 0 Å². The highest BCUT2D eigenvalue weighted by atomic mass is 32.2. The quantitative estimate of drug-likeness (QED) is 0.887. The molecule has 6 nitrogen and oxygen atoms in total. The summed E-state index contributed by atoms with van der Waals surface area (Å²) in [6.07, 6.45) is 3.84. The molecule has 0 bridgehead atoms. The largest absolute Gasteiger partial charge is 0.324 e. The molecule has 0 spiro atoms. The summed E-state index contributed by atoms with van der Waals surface area (Å²) in [6, 6.07) is 11.2. The molecule has 7 heteroatoms.